The van der Waals surface area contributed by atoms with Crippen molar-refractivity contribution in [1.82, 2.24) is 0 Å². The van der Waals surface area contributed by atoms with Gasteiger partial charge in [-0.3, -0.25) is 9.59 Å². The third kappa shape index (κ3) is 3.61. The van der Waals surface area contributed by atoms with Gasteiger partial charge in [-0.2, -0.15) is 0 Å². The molecule has 1 aromatic carbocycles. The van der Waals surface area contributed by atoms with Gasteiger partial charge in [0.2, 0.25) is 5.91 Å². The first-order valence-electron chi connectivity index (χ1n) is 8.74. The molecule has 0 unspecified atom stereocenters. The van der Waals surface area contributed by atoms with Gasteiger partial charge in [0.25, 0.3) is 0 Å². The highest BCUT2D eigenvalue weighted by atomic mass is 16.5. The molecule has 1 aliphatic carbocycles. The number of methoxy groups -OCH3 is 1. The molecule has 2 fully saturated rings. The fraction of sp³-hybridized carbons (Fsp3) is 0.579. The molecule has 3 rings (SSSR count). The molecule has 0 bridgehead atoms. The summed E-state index contributed by atoms with van der Waals surface area (Å²) in [5.41, 5.74) is 0.938. The second-order valence-electron chi connectivity index (χ2n) is 6.63. The van der Waals surface area contributed by atoms with Gasteiger partial charge >= 0.3 is 5.97 Å². The monoisotopic (exact) mass is 331 g/mol. The van der Waals surface area contributed by atoms with Gasteiger partial charge in [0.1, 0.15) is 0 Å². The van der Waals surface area contributed by atoms with Crippen LogP contribution < -0.4 is 4.90 Å². The largest absolute Gasteiger partial charge is 0.469 e. The molecule has 1 aromatic rings. The summed E-state index contributed by atoms with van der Waals surface area (Å²) in [7, 11) is 1.43. The van der Waals surface area contributed by atoms with Crippen molar-refractivity contribution in [2.45, 2.75) is 38.1 Å². The molecule has 24 heavy (non-hydrogen) atoms. The van der Waals surface area contributed by atoms with Crippen molar-refractivity contribution >= 4 is 17.6 Å². The molecule has 0 radical (unpaired) electrons. The lowest BCUT2D eigenvalue weighted by molar-refractivity contribution is -0.147. The van der Waals surface area contributed by atoms with Crippen LogP contribution in [0.25, 0.3) is 0 Å². The lowest BCUT2D eigenvalue weighted by atomic mass is 9.81. The third-order valence-electron chi connectivity index (χ3n) is 5.15. The summed E-state index contributed by atoms with van der Waals surface area (Å²) in [4.78, 5) is 26.8. The van der Waals surface area contributed by atoms with Crippen molar-refractivity contribution < 1.29 is 19.1 Å². The number of amides is 1. The maximum Gasteiger partial charge on any atom is 0.308 e. The molecular weight excluding hydrogens is 306 g/mol. The fourth-order valence-corrected chi connectivity index (χ4v) is 3.77. The summed E-state index contributed by atoms with van der Waals surface area (Å²) in [6.45, 7) is 1.30. The van der Waals surface area contributed by atoms with Crippen LogP contribution in [0.2, 0.25) is 0 Å². The first kappa shape index (κ1) is 17.0. The smallest absolute Gasteiger partial charge is 0.308 e. The van der Waals surface area contributed by atoms with Gasteiger partial charge in [0.05, 0.1) is 25.7 Å². The van der Waals surface area contributed by atoms with Gasteiger partial charge in [-0.1, -0.05) is 18.2 Å². The van der Waals surface area contributed by atoms with Crippen molar-refractivity contribution in [3.63, 3.8) is 0 Å². The third-order valence-corrected chi connectivity index (χ3v) is 5.15. The number of para-hydroxylation sites is 1. The summed E-state index contributed by atoms with van der Waals surface area (Å²) in [5.74, 6) is -0.0595. The Morgan fingerprint density at radius 2 is 1.71 bits per heavy atom. The maximum atomic E-state index is 13.2. The molecule has 5 heteroatoms. The Labute approximate surface area is 142 Å². The van der Waals surface area contributed by atoms with E-state index in [1.807, 2.05) is 35.2 Å². The van der Waals surface area contributed by atoms with Crippen LogP contribution in [-0.2, 0) is 19.1 Å². The molecule has 0 aromatic heterocycles. The average Bonchev–Trinajstić information content (AvgIpc) is 3.16. The minimum atomic E-state index is -0.148. The molecule has 0 spiro atoms. The van der Waals surface area contributed by atoms with Crippen LogP contribution >= 0.6 is 0 Å². The van der Waals surface area contributed by atoms with E-state index in [0.29, 0.717) is 13.2 Å². The molecule has 1 aliphatic heterocycles. The number of anilines is 1. The van der Waals surface area contributed by atoms with Crippen molar-refractivity contribution in [2.75, 3.05) is 25.2 Å². The lowest BCUT2D eigenvalue weighted by Crippen LogP contribution is -2.45. The summed E-state index contributed by atoms with van der Waals surface area (Å²) in [6.07, 6.45) is 3.82. The van der Waals surface area contributed by atoms with E-state index in [2.05, 4.69) is 0 Å². The van der Waals surface area contributed by atoms with Crippen molar-refractivity contribution in [1.29, 1.82) is 0 Å². The zero-order valence-electron chi connectivity index (χ0n) is 14.1. The topological polar surface area (TPSA) is 55.8 Å². The van der Waals surface area contributed by atoms with Gasteiger partial charge in [-0.05, 0) is 44.2 Å². The normalized spacial score (nSPS) is 26.8. The van der Waals surface area contributed by atoms with Crippen LogP contribution in [0.15, 0.2) is 30.3 Å². The Bertz CT molecular complexity index is 560. The molecule has 1 saturated heterocycles. The number of hydrogen-bond donors (Lipinski definition) is 0. The summed E-state index contributed by atoms with van der Waals surface area (Å²) >= 11 is 0. The zero-order chi connectivity index (χ0) is 16.9. The number of rotatable bonds is 4. The molecule has 2 aliphatic rings. The molecule has 5 nitrogen and oxygen atoms in total. The maximum absolute atomic E-state index is 13.2. The number of carbonyl (C=O) groups is 2. The van der Waals surface area contributed by atoms with Crippen LogP contribution in [0, 0.1) is 11.8 Å². The molecule has 1 saturated carbocycles. The van der Waals surface area contributed by atoms with Gasteiger partial charge < -0.3 is 14.4 Å². The molecular formula is C19H25NO4. The van der Waals surface area contributed by atoms with E-state index in [1.165, 1.54) is 7.11 Å². The second-order valence-corrected chi connectivity index (χ2v) is 6.63. The summed E-state index contributed by atoms with van der Waals surface area (Å²) in [6, 6.07) is 9.95. The quantitative estimate of drug-likeness (QED) is 0.796. The lowest BCUT2D eigenvalue weighted by Gasteiger charge is -2.34. The van der Waals surface area contributed by atoms with Gasteiger partial charge in [0.15, 0.2) is 0 Å². The summed E-state index contributed by atoms with van der Waals surface area (Å²) in [5, 5.41) is 0. The Kier molecular flexibility index (Phi) is 5.51. The highest BCUT2D eigenvalue weighted by Crippen LogP contribution is 2.33. The van der Waals surface area contributed by atoms with E-state index in [1.54, 1.807) is 0 Å². The van der Waals surface area contributed by atoms with Crippen LogP contribution in [0.4, 0.5) is 5.69 Å². The Balaban J connectivity index is 1.71. The minimum Gasteiger partial charge on any atom is -0.469 e. The minimum absolute atomic E-state index is 0.0216. The molecule has 130 valence electrons. The first-order valence-corrected chi connectivity index (χ1v) is 8.74. The Morgan fingerprint density at radius 1 is 1.04 bits per heavy atom. The standard InChI is InChI=1S/C19H25NO4/c1-23-19(22)15-9-7-14(8-10-15)18(21)20(17-11-12-24-13-17)16-5-3-2-4-6-16/h2-6,14-15,17H,7-13H2,1H3/t14?,15?,17-/m1/s1. The highest BCUT2D eigenvalue weighted by Gasteiger charge is 2.36. The van der Waals surface area contributed by atoms with Crippen molar-refractivity contribution in [3.8, 4) is 0 Å². The summed E-state index contributed by atoms with van der Waals surface area (Å²) < 4.78 is 10.3. The Hall–Kier alpha value is -1.88. The molecule has 1 atom stereocenters. The van der Waals surface area contributed by atoms with Crippen molar-refractivity contribution in [3.05, 3.63) is 30.3 Å². The highest BCUT2D eigenvalue weighted by molar-refractivity contribution is 5.95. The molecule has 1 amide bonds. The number of nitrogens with zero attached hydrogens (tertiary/aromatic N) is 1. The van der Waals surface area contributed by atoms with Crippen LogP contribution in [0.5, 0.6) is 0 Å². The fourth-order valence-electron chi connectivity index (χ4n) is 3.77. The first-order chi connectivity index (χ1) is 11.7. The van der Waals surface area contributed by atoms with E-state index < -0.39 is 0 Å². The predicted octanol–water partition coefficient (Wildman–Crippen LogP) is 2.79. The second kappa shape index (κ2) is 7.79. The van der Waals surface area contributed by atoms with Crippen molar-refractivity contribution in [2.24, 2.45) is 11.8 Å². The number of benzene rings is 1. The SMILES string of the molecule is COC(=O)C1CCC(C(=O)N(c2ccccc2)[C@@H]2CCOC2)CC1. The van der Waals surface area contributed by atoms with E-state index in [9.17, 15) is 9.59 Å². The van der Waals surface area contributed by atoms with E-state index >= 15 is 0 Å². The van der Waals surface area contributed by atoms with Crippen LogP contribution in [0.3, 0.4) is 0 Å². The number of ether oxygens (including phenoxy) is 2. The average molecular weight is 331 g/mol. The number of esters is 1. The van der Waals surface area contributed by atoms with E-state index in [-0.39, 0.29) is 29.8 Å². The predicted molar refractivity (Wildman–Crippen MR) is 90.6 cm³/mol. The molecule has 1 heterocycles. The number of carbonyl (C=O) groups excluding carboxylic acids is 2. The van der Waals surface area contributed by atoms with Crippen LogP contribution in [-0.4, -0.2) is 38.2 Å². The molecule has 0 N–H and O–H groups in total. The van der Waals surface area contributed by atoms with Gasteiger partial charge in [0, 0.05) is 18.2 Å². The Morgan fingerprint density at radius 3 is 2.29 bits per heavy atom. The zero-order valence-corrected chi connectivity index (χ0v) is 14.1. The van der Waals surface area contributed by atoms with Gasteiger partial charge in [-0.25, -0.2) is 0 Å². The van der Waals surface area contributed by atoms with Crippen LogP contribution in [0.1, 0.15) is 32.1 Å². The number of hydrogen-bond acceptors (Lipinski definition) is 4. The van der Waals surface area contributed by atoms with Gasteiger partial charge in [-0.15, -0.1) is 0 Å². The van der Waals surface area contributed by atoms with E-state index in [0.717, 1.165) is 37.8 Å². The van der Waals surface area contributed by atoms with E-state index in [4.69, 9.17) is 9.47 Å².